The summed E-state index contributed by atoms with van der Waals surface area (Å²) >= 11 is 0. The van der Waals surface area contributed by atoms with E-state index in [2.05, 4.69) is 13.8 Å². The monoisotopic (exact) mass is 320 g/mol. The lowest BCUT2D eigenvalue weighted by atomic mass is 9.75. The first-order chi connectivity index (χ1) is 11.3. The van der Waals surface area contributed by atoms with Crippen molar-refractivity contribution in [1.82, 2.24) is 0 Å². The summed E-state index contributed by atoms with van der Waals surface area (Å²) in [5, 5.41) is 2.82. The quantitative estimate of drug-likeness (QED) is 0.575. The molecule has 24 heavy (non-hydrogen) atoms. The van der Waals surface area contributed by atoms with Gasteiger partial charge in [-0.2, -0.15) is 0 Å². The SMILES string of the molecule is CC(=O)c1c(C)c2ccccc2c2c3c(oc12)CC(C)(C)CC3=O. The average molecular weight is 320 g/mol. The van der Waals surface area contributed by atoms with Gasteiger partial charge in [0.25, 0.3) is 0 Å². The molecule has 4 rings (SSSR count). The Bertz CT molecular complexity index is 1030. The molecule has 0 spiro atoms. The zero-order chi connectivity index (χ0) is 17.2. The van der Waals surface area contributed by atoms with Crippen LogP contribution in [0.25, 0.3) is 21.7 Å². The molecule has 0 saturated carbocycles. The molecule has 0 radical (unpaired) electrons. The Morgan fingerprint density at radius 3 is 2.46 bits per heavy atom. The minimum absolute atomic E-state index is 0.0268. The van der Waals surface area contributed by atoms with Crippen LogP contribution in [-0.4, -0.2) is 11.6 Å². The van der Waals surface area contributed by atoms with Crippen LogP contribution in [0.1, 0.15) is 59.2 Å². The molecule has 1 aliphatic carbocycles. The molecular weight excluding hydrogens is 300 g/mol. The number of ketones is 2. The summed E-state index contributed by atoms with van der Waals surface area (Å²) < 4.78 is 6.14. The first kappa shape index (κ1) is 15.1. The van der Waals surface area contributed by atoms with Crippen molar-refractivity contribution in [3.05, 3.63) is 46.7 Å². The van der Waals surface area contributed by atoms with E-state index >= 15 is 0 Å². The maximum absolute atomic E-state index is 12.8. The lowest BCUT2D eigenvalue weighted by molar-refractivity contribution is 0.0905. The highest BCUT2D eigenvalue weighted by molar-refractivity contribution is 6.24. The van der Waals surface area contributed by atoms with Crippen molar-refractivity contribution in [3.63, 3.8) is 0 Å². The second-order valence-electron chi connectivity index (χ2n) is 7.65. The van der Waals surface area contributed by atoms with Crippen LogP contribution in [0.4, 0.5) is 0 Å². The third-order valence-electron chi connectivity index (χ3n) is 5.09. The van der Waals surface area contributed by atoms with E-state index in [1.807, 2.05) is 31.2 Å². The van der Waals surface area contributed by atoms with Crippen LogP contribution in [0.15, 0.2) is 28.7 Å². The fourth-order valence-electron chi connectivity index (χ4n) is 4.11. The molecule has 0 N–H and O–H groups in total. The van der Waals surface area contributed by atoms with Gasteiger partial charge in [-0.05, 0) is 35.6 Å². The Morgan fingerprint density at radius 1 is 1.12 bits per heavy atom. The molecule has 122 valence electrons. The molecule has 3 heteroatoms. The summed E-state index contributed by atoms with van der Waals surface area (Å²) in [5.74, 6) is 0.814. The zero-order valence-corrected chi connectivity index (χ0v) is 14.4. The molecule has 0 atom stereocenters. The van der Waals surface area contributed by atoms with Crippen LogP contribution in [-0.2, 0) is 6.42 Å². The highest BCUT2D eigenvalue weighted by Gasteiger charge is 2.36. The van der Waals surface area contributed by atoms with E-state index in [1.165, 1.54) is 0 Å². The zero-order valence-electron chi connectivity index (χ0n) is 14.4. The summed E-state index contributed by atoms with van der Waals surface area (Å²) in [6, 6.07) is 7.94. The Hall–Kier alpha value is -2.42. The lowest BCUT2D eigenvalue weighted by Gasteiger charge is -2.27. The molecule has 0 amide bonds. The number of Topliss-reactive ketones (excluding diaryl/α,β-unsaturated/α-hetero) is 2. The van der Waals surface area contributed by atoms with E-state index in [-0.39, 0.29) is 17.0 Å². The van der Waals surface area contributed by atoms with Gasteiger partial charge < -0.3 is 4.42 Å². The van der Waals surface area contributed by atoms with Gasteiger partial charge in [0.1, 0.15) is 11.3 Å². The van der Waals surface area contributed by atoms with Crippen LogP contribution >= 0.6 is 0 Å². The van der Waals surface area contributed by atoms with Crippen LogP contribution in [0.3, 0.4) is 0 Å². The summed E-state index contributed by atoms with van der Waals surface area (Å²) in [6.07, 6.45) is 1.22. The van der Waals surface area contributed by atoms with Crippen molar-refractivity contribution < 1.29 is 14.0 Å². The van der Waals surface area contributed by atoms with Crippen LogP contribution in [0.2, 0.25) is 0 Å². The Kier molecular flexibility index (Phi) is 3.02. The second-order valence-corrected chi connectivity index (χ2v) is 7.65. The van der Waals surface area contributed by atoms with Gasteiger partial charge in [0, 0.05) is 18.2 Å². The number of carbonyl (C=O) groups excluding carboxylic acids is 2. The van der Waals surface area contributed by atoms with E-state index < -0.39 is 0 Å². The average Bonchev–Trinajstić information content (AvgIpc) is 2.84. The van der Waals surface area contributed by atoms with Gasteiger partial charge in [-0.15, -0.1) is 0 Å². The number of carbonyl (C=O) groups is 2. The second kappa shape index (κ2) is 4.79. The molecular formula is C21H20O3. The molecule has 0 saturated heterocycles. The molecule has 0 unspecified atom stereocenters. The van der Waals surface area contributed by atoms with Crippen LogP contribution < -0.4 is 0 Å². The predicted molar refractivity (Wildman–Crippen MR) is 94.9 cm³/mol. The maximum atomic E-state index is 12.8. The van der Waals surface area contributed by atoms with Crippen molar-refractivity contribution in [3.8, 4) is 0 Å². The highest BCUT2D eigenvalue weighted by atomic mass is 16.3. The Morgan fingerprint density at radius 2 is 1.79 bits per heavy atom. The third-order valence-corrected chi connectivity index (χ3v) is 5.09. The standard InChI is InChI=1S/C21H20O3/c1-11-13-7-5-6-8-14(13)18-19-15(23)9-21(3,4)10-16(19)24-20(18)17(11)12(2)22/h5-8H,9-10H2,1-4H3. The summed E-state index contributed by atoms with van der Waals surface area (Å²) in [6.45, 7) is 7.67. The smallest absolute Gasteiger partial charge is 0.167 e. The van der Waals surface area contributed by atoms with Crippen molar-refractivity contribution in [1.29, 1.82) is 0 Å². The minimum atomic E-state index is -0.112. The van der Waals surface area contributed by atoms with E-state index in [0.717, 1.165) is 27.5 Å². The van der Waals surface area contributed by atoms with E-state index in [0.29, 0.717) is 29.6 Å². The van der Waals surface area contributed by atoms with Gasteiger partial charge in [0.15, 0.2) is 11.6 Å². The van der Waals surface area contributed by atoms with Crippen molar-refractivity contribution in [2.45, 2.75) is 40.5 Å². The van der Waals surface area contributed by atoms with Crippen molar-refractivity contribution in [2.75, 3.05) is 0 Å². The molecule has 3 aromatic rings. The molecule has 3 nitrogen and oxygen atoms in total. The normalized spacial score (nSPS) is 16.6. The molecule has 0 aliphatic heterocycles. The predicted octanol–water partition coefficient (Wildman–Crippen LogP) is 5.25. The number of aryl methyl sites for hydroxylation is 1. The molecule has 1 aliphatic rings. The Labute approximate surface area is 140 Å². The third kappa shape index (κ3) is 1.97. The minimum Gasteiger partial charge on any atom is -0.459 e. The maximum Gasteiger partial charge on any atom is 0.167 e. The van der Waals surface area contributed by atoms with E-state index in [4.69, 9.17) is 4.42 Å². The molecule has 2 aromatic carbocycles. The first-order valence-corrected chi connectivity index (χ1v) is 8.31. The highest BCUT2D eigenvalue weighted by Crippen LogP contribution is 2.44. The number of hydrogen-bond donors (Lipinski definition) is 0. The summed E-state index contributed by atoms with van der Waals surface area (Å²) in [5.41, 5.74) is 2.67. The van der Waals surface area contributed by atoms with Gasteiger partial charge in [0.2, 0.25) is 0 Å². The van der Waals surface area contributed by atoms with E-state index in [9.17, 15) is 9.59 Å². The molecule has 0 bridgehead atoms. The van der Waals surface area contributed by atoms with Crippen LogP contribution in [0.5, 0.6) is 0 Å². The van der Waals surface area contributed by atoms with Crippen LogP contribution in [0, 0.1) is 12.3 Å². The largest absolute Gasteiger partial charge is 0.459 e. The molecule has 0 fully saturated rings. The van der Waals surface area contributed by atoms with E-state index in [1.54, 1.807) is 6.92 Å². The topological polar surface area (TPSA) is 47.3 Å². The Balaban J connectivity index is 2.24. The number of benzene rings is 2. The summed E-state index contributed by atoms with van der Waals surface area (Å²) in [7, 11) is 0. The molecule has 1 heterocycles. The first-order valence-electron chi connectivity index (χ1n) is 8.31. The van der Waals surface area contributed by atoms with Gasteiger partial charge in [-0.1, -0.05) is 38.1 Å². The van der Waals surface area contributed by atoms with Crippen molar-refractivity contribution >= 4 is 33.3 Å². The fraction of sp³-hybridized carbons (Fsp3) is 0.333. The number of fused-ring (bicyclic) bond motifs is 5. The lowest BCUT2D eigenvalue weighted by Crippen LogP contribution is -2.25. The van der Waals surface area contributed by atoms with Gasteiger partial charge >= 0.3 is 0 Å². The number of furan rings is 1. The number of rotatable bonds is 1. The van der Waals surface area contributed by atoms with Gasteiger partial charge in [-0.25, -0.2) is 0 Å². The van der Waals surface area contributed by atoms with Gasteiger partial charge in [0.05, 0.1) is 11.1 Å². The number of hydrogen-bond acceptors (Lipinski definition) is 3. The van der Waals surface area contributed by atoms with Crippen molar-refractivity contribution in [2.24, 2.45) is 5.41 Å². The fourth-order valence-corrected chi connectivity index (χ4v) is 4.11. The molecule has 1 aromatic heterocycles. The van der Waals surface area contributed by atoms with Gasteiger partial charge in [-0.3, -0.25) is 9.59 Å². The summed E-state index contributed by atoms with van der Waals surface area (Å²) in [4.78, 5) is 25.1.